The molecule has 136 valence electrons. The third-order valence-electron chi connectivity index (χ3n) is 5.06. The number of amidine groups is 1. The summed E-state index contributed by atoms with van der Waals surface area (Å²) in [5.74, 6) is 1.82. The van der Waals surface area contributed by atoms with E-state index < -0.39 is 0 Å². The van der Waals surface area contributed by atoms with Gasteiger partial charge in [-0.25, -0.2) is 4.99 Å². The quantitative estimate of drug-likeness (QED) is 0.917. The second-order valence-electron chi connectivity index (χ2n) is 6.73. The van der Waals surface area contributed by atoms with Crippen LogP contribution < -0.4 is 15.0 Å². The molecule has 2 aliphatic heterocycles. The van der Waals surface area contributed by atoms with Crippen molar-refractivity contribution in [1.29, 1.82) is 0 Å². The van der Waals surface area contributed by atoms with Gasteiger partial charge in [0.1, 0.15) is 24.4 Å². The van der Waals surface area contributed by atoms with Crippen LogP contribution in [0.15, 0.2) is 59.6 Å². The molecule has 5 heteroatoms. The summed E-state index contributed by atoms with van der Waals surface area (Å²) in [5.41, 5.74) is 2.31. The predicted molar refractivity (Wildman–Crippen MR) is 107 cm³/mol. The first-order chi connectivity index (χ1) is 12.8. The van der Waals surface area contributed by atoms with Gasteiger partial charge < -0.3 is 15.0 Å². The Balaban J connectivity index is 1.39. The van der Waals surface area contributed by atoms with Crippen molar-refractivity contribution in [3.05, 3.63) is 54.6 Å². The zero-order chi connectivity index (χ0) is 17.8. The first kappa shape index (κ1) is 16.9. The number of anilines is 2. The van der Waals surface area contributed by atoms with Crippen LogP contribution in [0.2, 0.25) is 0 Å². The van der Waals surface area contributed by atoms with Crippen LogP contribution in [-0.2, 0) is 0 Å². The summed E-state index contributed by atoms with van der Waals surface area (Å²) in [6.45, 7) is 6.85. The van der Waals surface area contributed by atoms with Crippen molar-refractivity contribution >= 4 is 17.2 Å². The van der Waals surface area contributed by atoms with E-state index in [1.165, 1.54) is 5.69 Å². The summed E-state index contributed by atoms with van der Waals surface area (Å²) < 4.78 is 5.82. The molecule has 0 aliphatic carbocycles. The van der Waals surface area contributed by atoms with Crippen molar-refractivity contribution in [2.75, 3.05) is 43.0 Å². The monoisotopic (exact) mass is 350 g/mol. The van der Waals surface area contributed by atoms with Crippen molar-refractivity contribution in [3.8, 4) is 5.75 Å². The summed E-state index contributed by atoms with van der Waals surface area (Å²) in [4.78, 5) is 9.90. The van der Waals surface area contributed by atoms with E-state index >= 15 is 0 Å². The molecule has 1 unspecified atom stereocenters. The number of hydrogen-bond donors (Lipinski definition) is 1. The van der Waals surface area contributed by atoms with Crippen molar-refractivity contribution in [2.24, 2.45) is 4.99 Å². The molecule has 1 fully saturated rings. The number of benzene rings is 2. The Kier molecular flexibility index (Phi) is 5.07. The number of ether oxygens (including phenoxy) is 1. The van der Waals surface area contributed by atoms with Gasteiger partial charge in [-0.3, -0.25) is 4.90 Å². The molecule has 1 atom stereocenters. The maximum Gasteiger partial charge on any atom is 0.146 e. The van der Waals surface area contributed by atoms with E-state index in [4.69, 9.17) is 9.73 Å². The average molecular weight is 350 g/mol. The summed E-state index contributed by atoms with van der Waals surface area (Å²) >= 11 is 0. The van der Waals surface area contributed by atoms with Crippen LogP contribution in [0, 0.1) is 0 Å². The largest absolute Gasteiger partial charge is 0.484 e. The lowest BCUT2D eigenvalue weighted by atomic mass is 10.2. The summed E-state index contributed by atoms with van der Waals surface area (Å²) in [6.07, 6.45) is 1.20. The minimum atomic E-state index is 0.198. The Hall–Kier alpha value is -2.53. The summed E-state index contributed by atoms with van der Waals surface area (Å²) in [7, 11) is 0. The Morgan fingerprint density at radius 2 is 1.73 bits per heavy atom. The Bertz CT molecular complexity index is 754. The molecule has 1 N–H and O–H groups in total. The van der Waals surface area contributed by atoms with Crippen LogP contribution >= 0.6 is 0 Å². The minimum Gasteiger partial charge on any atom is -0.484 e. The molecule has 0 bridgehead atoms. The molecule has 1 saturated heterocycles. The second-order valence-corrected chi connectivity index (χ2v) is 6.73. The van der Waals surface area contributed by atoms with Gasteiger partial charge in [-0.05, 0) is 30.7 Å². The standard InChI is InChI=1S/C21H26N4O/c1-2-21(23-20-16-26-19-11-7-6-10-18(19)22-20)25-14-12-24(13-15-25)17-8-4-3-5-9-17/h3-11,21H,2,12-16H2,1H3,(H,22,23). The Labute approximate surface area is 155 Å². The van der Waals surface area contributed by atoms with Crippen LogP contribution in [0.5, 0.6) is 5.75 Å². The molecule has 0 spiro atoms. The van der Waals surface area contributed by atoms with Gasteiger partial charge in [-0.1, -0.05) is 37.3 Å². The number of rotatable bonds is 4. The molecule has 5 nitrogen and oxygen atoms in total. The molecule has 0 saturated carbocycles. The maximum absolute atomic E-state index is 5.82. The van der Waals surface area contributed by atoms with E-state index in [1.54, 1.807) is 0 Å². The molecule has 26 heavy (non-hydrogen) atoms. The second kappa shape index (κ2) is 7.79. The normalized spacial score (nSPS) is 20.2. The fraction of sp³-hybridized carbons (Fsp3) is 0.381. The molecule has 4 rings (SSSR count). The third-order valence-corrected chi connectivity index (χ3v) is 5.06. The van der Waals surface area contributed by atoms with E-state index in [9.17, 15) is 0 Å². The van der Waals surface area contributed by atoms with Gasteiger partial charge in [-0.15, -0.1) is 0 Å². The Morgan fingerprint density at radius 3 is 2.50 bits per heavy atom. The van der Waals surface area contributed by atoms with E-state index in [2.05, 4.69) is 52.4 Å². The first-order valence-electron chi connectivity index (χ1n) is 9.43. The lowest BCUT2D eigenvalue weighted by Crippen LogP contribution is -2.50. The van der Waals surface area contributed by atoms with Crippen molar-refractivity contribution < 1.29 is 4.74 Å². The van der Waals surface area contributed by atoms with Crippen LogP contribution in [0.25, 0.3) is 0 Å². The number of para-hydroxylation sites is 3. The van der Waals surface area contributed by atoms with Crippen LogP contribution in [0.1, 0.15) is 13.3 Å². The number of nitrogens with zero attached hydrogens (tertiary/aromatic N) is 3. The van der Waals surface area contributed by atoms with E-state index in [0.717, 1.165) is 49.9 Å². The summed E-state index contributed by atoms with van der Waals surface area (Å²) in [5, 5.41) is 3.42. The molecule has 2 heterocycles. The Morgan fingerprint density at radius 1 is 1.00 bits per heavy atom. The molecule has 0 radical (unpaired) electrons. The summed E-state index contributed by atoms with van der Waals surface area (Å²) in [6, 6.07) is 18.7. The molecule has 2 aliphatic rings. The molecule has 2 aromatic carbocycles. The van der Waals surface area contributed by atoms with Gasteiger partial charge in [0, 0.05) is 31.9 Å². The van der Waals surface area contributed by atoms with Gasteiger partial charge in [0.2, 0.25) is 0 Å². The van der Waals surface area contributed by atoms with Crippen LogP contribution in [-0.4, -0.2) is 49.7 Å². The number of fused-ring (bicyclic) bond motifs is 1. The molecular formula is C21H26N4O. The van der Waals surface area contributed by atoms with Crippen molar-refractivity contribution in [3.63, 3.8) is 0 Å². The lowest BCUT2D eigenvalue weighted by Gasteiger charge is -2.39. The highest BCUT2D eigenvalue weighted by atomic mass is 16.5. The van der Waals surface area contributed by atoms with E-state index in [0.29, 0.717) is 6.61 Å². The third kappa shape index (κ3) is 3.68. The van der Waals surface area contributed by atoms with Gasteiger partial charge in [0.15, 0.2) is 0 Å². The van der Waals surface area contributed by atoms with Gasteiger partial charge in [0.05, 0.1) is 5.69 Å². The maximum atomic E-state index is 5.82. The molecule has 0 aromatic heterocycles. The van der Waals surface area contributed by atoms with Crippen molar-refractivity contribution in [1.82, 2.24) is 4.90 Å². The number of hydrogen-bond acceptors (Lipinski definition) is 4. The highest BCUT2D eigenvalue weighted by Crippen LogP contribution is 2.27. The number of piperazine rings is 1. The highest BCUT2D eigenvalue weighted by Gasteiger charge is 2.24. The van der Waals surface area contributed by atoms with Crippen LogP contribution in [0.3, 0.4) is 0 Å². The lowest BCUT2D eigenvalue weighted by molar-refractivity contribution is 0.185. The highest BCUT2D eigenvalue weighted by molar-refractivity contribution is 5.99. The number of nitrogens with one attached hydrogen (secondary N) is 1. The van der Waals surface area contributed by atoms with E-state index in [-0.39, 0.29) is 6.17 Å². The van der Waals surface area contributed by atoms with Gasteiger partial charge in [-0.2, -0.15) is 0 Å². The predicted octanol–water partition coefficient (Wildman–Crippen LogP) is 3.45. The average Bonchev–Trinajstić information content (AvgIpc) is 2.73. The topological polar surface area (TPSA) is 40.1 Å². The van der Waals surface area contributed by atoms with Crippen molar-refractivity contribution in [2.45, 2.75) is 19.5 Å². The smallest absolute Gasteiger partial charge is 0.146 e. The van der Waals surface area contributed by atoms with Gasteiger partial charge in [0.25, 0.3) is 0 Å². The fourth-order valence-corrected chi connectivity index (χ4v) is 3.63. The molecule has 0 amide bonds. The first-order valence-corrected chi connectivity index (χ1v) is 9.43. The molecule has 2 aromatic rings. The number of aliphatic imine (C=N–C) groups is 1. The SMILES string of the molecule is CCC(/N=C1/COc2ccccc2N1)N1CCN(c2ccccc2)CC1. The van der Waals surface area contributed by atoms with Crippen LogP contribution in [0.4, 0.5) is 11.4 Å². The molecular weight excluding hydrogens is 324 g/mol. The van der Waals surface area contributed by atoms with Gasteiger partial charge >= 0.3 is 0 Å². The zero-order valence-corrected chi connectivity index (χ0v) is 15.3. The minimum absolute atomic E-state index is 0.198. The zero-order valence-electron chi connectivity index (χ0n) is 15.3. The van der Waals surface area contributed by atoms with E-state index in [1.807, 2.05) is 24.3 Å². The fourth-order valence-electron chi connectivity index (χ4n) is 3.63.